The van der Waals surface area contributed by atoms with Crippen molar-refractivity contribution in [2.75, 3.05) is 6.54 Å². The van der Waals surface area contributed by atoms with Crippen molar-refractivity contribution in [2.24, 2.45) is 11.8 Å². The molecule has 0 heterocycles. The summed E-state index contributed by atoms with van der Waals surface area (Å²) in [6.07, 6.45) is 6.52. The number of carbonyl (C=O) groups is 1. The first-order chi connectivity index (χ1) is 5.40. The highest BCUT2D eigenvalue weighted by Gasteiger charge is 2.38. The molecule has 2 aliphatic carbocycles. The lowest BCUT2D eigenvalue weighted by atomic mass is 9.95. The summed E-state index contributed by atoms with van der Waals surface area (Å²) in [7, 11) is 0. The number of nitrogens with one attached hydrogen (secondary N) is 1. The third kappa shape index (κ3) is 1.32. The predicted octanol–water partition coefficient (Wildman–Crippen LogP) is 0.964. The van der Waals surface area contributed by atoms with Crippen LogP contribution in [0.15, 0.2) is 0 Å². The quantitative estimate of drug-likeness (QED) is 0.612. The van der Waals surface area contributed by atoms with Gasteiger partial charge in [0.05, 0.1) is 6.54 Å². The lowest BCUT2D eigenvalue weighted by Crippen LogP contribution is -2.34. The Bertz CT molecular complexity index is 158. The van der Waals surface area contributed by atoms with E-state index in [1.165, 1.54) is 25.7 Å². The highest BCUT2D eigenvalue weighted by atomic mass is 16.1. The molecule has 2 nitrogen and oxygen atoms in total. The van der Waals surface area contributed by atoms with Crippen LogP contribution in [0.25, 0.3) is 0 Å². The van der Waals surface area contributed by atoms with Gasteiger partial charge in [-0.15, -0.1) is 0 Å². The van der Waals surface area contributed by atoms with Crippen molar-refractivity contribution < 1.29 is 4.79 Å². The summed E-state index contributed by atoms with van der Waals surface area (Å²) in [4.78, 5) is 10.1. The summed E-state index contributed by atoms with van der Waals surface area (Å²) in [5.74, 6) is 1.86. The molecule has 11 heavy (non-hydrogen) atoms. The molecule has 0 amide bonds. The minimum absolute atomic E-state index is 0.549. The maximum Gasteiger partial charge on any atom is 0.133 e. The Hall–Kier alpha value is -0.370. The highest BCUT2D eigenvalue weighted by Crippen LogP contribution is 2.44. The molecule has 2 fully saturated rings. The molecular weight excluding hydrogens is 138 g/mol. The number of aldehydes is 1. The summed E-state index contributed by atoms with van der Waals surface area (Å²) in [6.45, 7) is 0.549. The van der Waals surface area contributed by atoms with Crippen molar-refractivity contribution in [3.63, 3.8) is 0 Å². The molecule has 0 aliphatic heterocycles. The molecule has 0 aromatic rings. The molecule has 2 aliphatic rings. The van der Waals surface area contributed by atoms with Gasteiger partial charge in [0, 0.05) is 6.04 Å². The van der Waals surface area contributed by atoms with E-state index in [4.69, 9.17) is 0 Å². The first kappa shape index (κ1) is 7.29. The average molecular weight is 153 g/mol. The van der Waals surface area contributed by atoms with Gasteiger partial charge in [0.25, 0.3) is 0 Å². The second kappa shape index (κ2) is 2.94. The number of hydrogen-bond donors (Lipinski definition) is 1. The molecule has 0 aromatic heterocycles. The molecule has 0 aromatic carbocycles. The second-order valence-electron chi connectivity index (χ2n) is 3.86. The van der Waals surface area contributed by atoms with E-state index in [9.17, 15) is 4.79 Å². The van der Waals surface area contributed by atoms with Crippen molar-refractivity contribution >= 4 is 6.29 Å². The Morgan fingerprint density at radius 2 is 2.27 bits per heavy atom. The van der Waals surface area contributed by atoms with Crippen molar-refractivity contribution in [2.45, 2.75) is 31.7 Å². The van der Waals surface area contributed by atoms with Gasteiger partial charge in [0.1, 0.15) is 6.29 Å². The number of fused-ring (bicyclic) bond motifs is 2. The molecule has 3 unspecified atom stereocenters. The van der Waals surface area contributed by atoms with E-state index in [0.29, 0.717) is 12.6 Å². The van der Waals surface area contributed by atoms with Crippen LogP contribution in [-0.2, 0) is 4.79 Å². The van der Waals surface area contributed by atoms with Gasteiger partial charge in [0.2, 0.25) is 0 Å². The summed E-state index contributed by atoms with van der Waals surface area (Å²) in [6, 6.07) is 0.666. The fourth-order valence-corrected chi connectivity index (χ4v) is 2.69. The van der Waals surface area contributed by atoms with Crippen LogP contribution >= 0.6 is 0 Å². The van der Waals surface area contributed by atoms with Crippen molar-refractivity contribution in [3.8, 4) is 0 Å². The van der Waals surface area contributed by atoms with Crippen LogP contribution in [0.5, 0.6) is 0 Å². The van der Waals surface area contributed by atoms with Gasteiger partial charge in [-0.05, 0) is 31.1 Å². The van der Waals surface area contributed by atoms with Gasteiger partial charge < -0.3 is 10.1 Å². The fraction of sp³-hybridized carbons (Fsp3) is 0.889. The zero-order chi connectivity index (χ0) is 7.68. The van der Waals surface area contributed by atoms with Crippen LogP contribution in [0, 0.1) is 11.8 Å². The maximum absolute atomic E-state index is 10.1. The van der Waals surface area contributed by atoms with E-state index in [1.807, 2.05) is 0 Å². The minimum Gasteiger partial charge on any atom is -0.307 e. The number of carbonyl (C=O) groups excluding carboxylic acids is 1. The van der Waals surface area contributed by atoms with Crippen molar-refractivity contribution in [1.82, 2.24) is 5.32 Å². The molecule has 1 N–H and O–H groups in total. The Balaban J connectivity index is 1.83. The van der Waals surface area contributed by atoms with E-state index in [0.717, 1.165) is 18.1 Å². The summed E-state index contributed by atoms with van der Waals surface area (Å²) in [5, 5.41) is 3.29. The van der Waals surface area contributed by atoms with E-state index >= 15 is 0 Å². The fourth-order valence-electron chi connectivity index (χ4n) is 2.69. The Morgan fingerprint density at radius 1 is 1.36 bits per heavy atom. The number of hydrogen-bond acceptors (Lipinski definition) is 2. The largest absolute Gasteiger partial charge is 0.307 e. The highest BCUT2D eigenvalue weighted by molar-refractivity contribution is 5.51. The van der Waals surface area contributed by atoms with Crippen molar-refractivity contribution in [1.29, 1.82) is 0 Å². The minimum atomic E-state index is 0.549. The van der Waals surface area contributed by atoms with Gasteiger partial charge >= 0.3 is 0 Å². The van der Waals surface area contributed by atoms with E-state index in [2.05, 4.69) is 5.32 Å². The predicted molar refractivity (Wildman–Crippen MR) is 43.3 cm³/mol. The SMILES string of the molecule is O=CCNC1CC2CCC1C2. The average Bonchev–Trinajstić information content (AvgIpc) is 2.60. The Kier molecular flexibility index (Phi) is 1.95. The molecule has 2 bridgehead atoms. The zero-order valence-electron chi connectivity index (χ0n) is 6.75. The van der Waals surface area contributed by atoms with Crippen molar-refractivity contribution in [3.05, 3.63) is 0 Å². The van der Waals surface area contributed by atoms with Gasteiger partial charge in [-0.1, -0.05) is 6.42 Å². The molecule has 0 spiro atoms. The Labute approximate surface area is 67.4 Å². The van der Waals surface area contributed by atoms with Crippen LogP contribution < -0.4 is 5.32 Å². The van der Waals surface area contributed by atoms with Crippen LogP contribution in [-0.4, -0.2) is 18.9 Å². The van der Waals surface area contributed by atoms with Crippen LogP contribution in [0.4, 0.5) is 0 Å². The molecule has 2 heteroatoms. The Morgan fingerprint density at radius 3 is 2.82 bits per heavy atom. The topological polar surface area (TPSA) is 29.1 Å². The summed E-state index contributed by atoms with van der Waals surface area (Å²) < 4.78 is 0. The first-order valence-corrected chi connectivity index (χ1v) is 4.57. The molecule has 2 saturated carbocycles. The molecule has 62 valence electrons. The first-order valence-electron chi connectivity index (χ1n) is 4.57. The standard InChI is InChI=1S/C9H15NO/c11-4-3-10-9-6-7-1-2-8(9)5-7/h4,7-10H,1-3,5-6H2. The summed E-state index contributed by atoms with van der Waals surface area (Å²) in [5.41, 5.74) is 0. The molecule has 2 rings (SSSR count). The molecular formula is C9H15NO. The smallest absolute Gasteiger partial charge is 0.133 e. The molecule has 3 atom stereocenters. The van der Waals surface area contributed by atoms with Crippen LogP contribution in [0.1, 0.15) is 25.7 Å². The third-order valence-electron chi connectivity index (χ3n) is 3.20. The lowest BCUT2D eigenvalue weighted by molar-refractivity contribution is -0.107. The molecule has 0 saturated heterocycles. The van der Waals surface area contributed by atoms with Gasteiger partial charge in [-0.2, -0.15) is 0 Å². The zero-order valence-corrected chi connectivity index (χ0v) is 6.75. The number of rotatable bonds is 3. The third-order valence-corrected chi connectivity index (χ3v) is 3.20. The maximum atomic E-state index is 10.1. The monoisotopic (exact) mass is 153 g/mol. The van der Waals surface area contributed by atoms with E-state index < -0.39 is 0 Å². The van der Waals surface area contributed by atoms with Gasteiger partial charge in [-0.3, -0.25) is 0 Å². The van der Waals surface area contributed by atoms with Crippen LogP contribution in [0.3, 0.4) is 0 Å². The van der Waals surface area contributed by atoms with Gasteiger partial charge in [0.15, 0.2) is 0 Å². The lowest BCUT2D eigenvalue weighted by Gasteiger charge is -2.21. The summed E-state index contributed by atoms with van der Waals surface area (Å²) >= 11 is 0. The van der Waals surface area contributed by atoms with E-state index in [-0.39, 0.29) is 0 Å². The van der Waals surface area contributed by atoms with E-state index in [1.54, 1.807) is 0 Å². The molecule has 0 radical (unpaired) electrons. The normalized spacial score (nSPS) is 41.3. The van der Waals surface area contributed by atoms with Crippen LogP contribution in [0.2, 0.25) is 0 Å². The van der Waals surface area contributed by atoms with Gasteiger partial charge in [-0.25, -0.2) is 0 Å². The second-order valence-corrected chi connectivity index (χ2v) is 3.86.